The van der Waals surface area contributed by atoms with Gasteiger partial charge in [0.05, 0.1) is 0 Å². The minimum atomic E-state index is -1.43. The molecule has 8 heteroatoms. The molecule has 0 saturated heterocycles. The van der Waals surface area contributed by atoms with Gasteiger partial charge in [0.15, 0.2) is 0 Å². The minimum absolute atomic E-state index is 0.0649. The lowest BCUT2D eigenvalue weighted by Crippen LogP contribution is -2.11. The SMILES string of the molecule is N=C(N)c1cccc(OCc2cc(OC(=O)O)cc(-c3cccc(C(=N)N)c3)c2)c1. The van der Waals surface area contributed by atoms with E-state index in [4.69, 9.17) is 36.9 Å². The Morgan fingerprint density at radius 3 is 2.17 bits per heavy atom. The first-order valence-electron chi connectivity index (χ1n) is 8.88. The molecular formula is C22H20N4O4. The van der Waals surface area contributed by atoms with Crippen molar-refractivity contribution in [3.05, 3.63) is 83.4 Å². The van der Waals surface area contributed by atoms with Gasteiger partial charge >= 0.3 is 6.16 Å². The van der Waals surface area contributed by atoms with Crippen LogP contribution in [0.3, 0.4) is 0 Å². The molecule has 152 valence electrons. The first-order chi connectivity index (χ1) is 14.3. The van der Waals surface area contributed by atoms with E-state index >= 15 is 0 Å². The second-order valence-electron chi connectivity index (χ2n) is 6.46. The summed E-state index contributed by atoms with van der Waals surface area (Å²) in [6, 6.07) is 18.9. The van der Waals surface area contributed by atoms with Crippen LogP contribution in [0.25, 0.3) is 11.1 Å². The van der Waals surface area contributed by atoms with Crippen LogP contribution in [0.2, 0.25) is 0 Å². The number of nitrogen functional groups attached to an aromatic ring is 2. The van der Waals surface area contributed by atoms with Gasteiger partial charge in [-0.1, -0.05) is 30.3 Å². The van der Waals surface area contributed by atoms with Crippen molar-refractivity contribution in [2.75, 3.05) is 0 Å². The summed E-state index contributed by atoms with van der Waals surface area (Å²) in [5, 5.41) is 24.1. The molecule has 0 bridgehead atoms. The third-order valence-electron chi connectivity index (χ3n) is 4.23. The number of amidine groups is 2. The second kappa shape index (κ2) is 8.78. The standard InChI is InChI=1S/C22H20N4O4/c23-20(24)15-4-1-3-14(9-15)17-7-13(8-19(11-17)30-22(27)28)12-29-18-6-2-5-16(10-18)21(25)26/h1-11H,12H2,(H3,23,24)(H3,25,26)(H,27,28). The first-order valence-corrected chi connectivity index (χ1v) is 8.88. The number of hydrogen-bond acceptors (Lipinski definition) is 5. The van der Waals surface area contributed by atoms with Gasteiger partial charge in [-0.25, -0.2) is 4.79 Å². The van der Waals surface area contributed by atoms with Crippen molar-refractivity contribution in [3.8, 4) is 22.6 Å². The number of nitrogens with two attached hydrogens (primary N) is 2. The van der Waals surface area contributed by atoms with Gasteiger partial charge in [0.2, 0.25) is 0 Å². The molecule has 0 aliphatic heterocycles. The van der Waals surface area contributed by atoms with Crippen molar-refractivity contribution < 1.29 is 19.4 Å². The topological polar surface area (TPSA) is 156 Å². The Balaban J connectivity index is 1.92. The van der Waals surface area contributed by atoms with E-state index in [1.165, 1.54) is 0 Å². The predicted octanol–water partition coefficient (Wildman–Crippen LogP) is 3.56. The molecule has 0 aliphatic carbocycles. The number of rotatable bonds is 7. The fraction of sp³-hybridized carbons (Fsp3) is 0.0455. The van der Waals surface area contributed by atoms with E-state index in [-0.39, 0.29) is 24.0 Å². The summed E-state index contributed by atoms with van der Waals surface area (Å²) in [5.74, 6) is 0.533. The summed E-state index contributed by atoms with van der Waals surface area (Å²) >= 11 is 0. The Labute approximate surface area is 172 Å². The molecule has 0 heterocycles. The normalized spacial score (nSPS) is 10.3. The Kier molecular flexibility index (Phi) is 5.97. The molecule has 0 aliphatic rings. The molecular weight excluding hydrogens is 384 g/mol. The molecule has 0 amide bonds. The van der Waals surface area contributed by atoms with Gasteiger partial charge < -0.3 is 26.0 Å². The molecule has 3 aromatic carbocycles. The lowest BCUT2D eigenvalue weighted by molar-refractivity contribution is 0.144. The van der Waals surface area contributed by atoms with E-state index in [2.05, 4.69) is 0 Å². The van der Waals surface area contributed by atoms with Crippen molar-refractivity contribution in [1.82, 2.24) is 0 Å². The fourth-order valence-electron chi connectivity index (χ4n) is 2.86. The van der Waals surface area contributed by atoms with Crippen LogP contribution in [0.1, 0.15) is 16.7 Å². The van der Waals surface area contributed by atoms with Crippen LogP contribution in [0.15, 0.2) is 66.7 Å². The van der Waals surface area contributed by atoms with Gasteiger partial charge in [-0.05, 0) is 53.1 Å². The summed E-state index contributed by atoms with van der Waals surface area (Å²) in [4.78, 5) is 11.0. The van der Waals surface area contributed by atoms with Crippen LogP contribution >= 0.6 is 0 Å². The van der Waals surface area contributed by atoms with E-state index in [0.29, 0.717) is 28.0 Å². The van der Waals surface area contributed by atoms with Crippen LogP contribution in [-0.2, 0) is 6.61 Å². The molecule has 30 heavy (non-hydrogen) atoms. The van der Waals surface area contributed by atoms with E-state index < -0.39 is 6.16 Å². The van der Waals surface area contributed by atoms with Gasteiger partial charge in [0.25, 0.3) is 0 Å². The zero-order valence-electron chi connectivity index (χ0n) is 15.9. The zero-order valence-corrected chi connectivity index (χ0v) is 15.9. The maximum Gasteiger partial charge on any atom is 0.511 e. The molecule has 8 nitrogen and oxygen atoms in total. The van der Waals surface area contributed by atoms with Crippen LogP contribution < -0.4 is 20.9 Å². The molecule has 0 aromatic heterocycles. The molecule has 0 unspecified atom stereocenters. The molecule has 0 saturated carbocycles. The first kappa shape index (κ1) is 20.4. The van der Waals surface area contributed by atoms with Gasteiger partial charge in [-0.2, -0.15) is 0 Å². The number of carbonyl (C=O) groups is 1. The van der Waals surface area contributed by atoms with E-state index in [9.17, 15) is 4.79 Å². The maximum atomic E-state index is 11.0. The molecule has 7 N–H and O–H groups in total. The summed E-state index contributed by atoms with van der Waals surface area (Å²) in [7, 11) is 0. The average Bonchev–Trinajstić information content (AvgIpc) is 2.72. The zero-order chi connectivity index (χ0) is 21.7. The maximum absolute atomic E-state index is 11.0. The third-order valence-corrected chi connectivity index (χ3v) is 4.23. The average molecular weight is 404 g/mol. The Morgan fingerprint density at radius 1 is 0.833 bits per heavy atom. The van der Waals surface area contributed by atoms with Gasteiger partial charge in [0.1, 0.15) is 29.8 Å². The molecule has 0 spiro atoms. The lowest BCUT2D eigenvalue weighted by Gasteiger charge is -2.12. The molecule has 3 aromatic rings. The lowest BCUT2D eigenvalue weighted by atomic mass is 10.0. The number of ether oxygens (including phenoxy) is 2. The van der Waals surface area contributed by atoms with Gasteiger partial charge in [0, 0.05) is 11.1 Å². The van der Waals surface area contributed by atoms with E-state index in [0.717, 1.165) is 5.56 Å². The van der Waals surface area contributed by atoms with E-state index in [1.54, 1.807) is 54.6 Å². The van der Waals surface area contributed by atoms with Crippen molar-refractivity contribution in [3.63, 3.8) is 0 Å². The highest BCUT2D eigenvalue weighted by molar-refractivity contribution is 5.96. The summed E-state index contributed by atoms with van der Waals surface area (Å²) in [5.41, 5.74) is 14.3. The van der Waals surface area contributed by atoms with Crippen molar-refractivity contribution in [2.24, 2.45) is 11.5 Å². The summed E-state index contributed by atoms with van der Waals surface area (Å²) < 4.78 is 10.6. The highest BCUT2D eigenvalue weighted by Gasteiger charge is 2.10. The second-order valence-corrected chi connectivity index (χ2v) is 6.46. The van der Waals surface area contributed by atoms with Crippen LogP contribution in [-0.4, -0.2) is 22.9 Å². The fourth-order valence-corrected chi connectivity index (χ4v) is 2.86. The van der Waals surface area contributed by atoms with Crippen LogP contribution in [0.5, 0.6) is 11.5 Å². The summed E-state index contributed by atoms with van der Waals surface area (Å²) in [6.45, 7) is 0.136. The number of nitrogens with one attached hydrogen (secondary N) is 2. The largest absolute Gasteiger partial charge is 0.511 e. The third kappa shape index (κ3) is 5.14. The molecule has 0 atom stereocenters. The van der Waals surface area contributed by atoms with Crippen LogP contribution in [0, 0.1) is 10.8 Å². The van der Waals surface area contributed by atoms with Crippen LogP contribution in [0.4, 0.5) is 4.79 Å². The van der Waals surface area contributed by atoms with Crippen molar-refractivity contribution >= 4 is 17.8 Å². The molecule has 0 fully saturated rings. The van der Waals surface area contributed by atoms with Gasteiger partial charge in [-0.15, -0.1) is 0 Å². The highest BCUT2D eigenvalue weighted by Crippen LogP contribution is 2.28. The Bertz CT molecular complexity index is 1130. The minimum Gasteiger partial charge on any atom is -0.489 e. The highest BCUT2D eigenvalue weighted by atomic mass is 16.7. The Morgan fingerprint density at radius 2 is 1.50 bits per heavy atom. The number of hydrogen-bond donors (Lipinski definition) is 5. The van der Waals surface area contributed by atoms with Crippen molar-refractivity contribution in [2.45, 2.75) is 6.61 Å². The van der Waals surface area contributed by atoms with Crippen molar-refractivity contribution in [1.29, 1.82) is 10.8 Å². The summed E-state index contributed by atoms with van der Waals surface area (Å²) in [6.07, 6.45) is -1.43. The number of benzene rings is 3. The quantitative estimate of drug-likeness (QED) is 0.175. The molecule has 3 rings (SSSR count). The predicted molar refractivity (Wildman–Crippen MR) is 113 cm³/mol. The smallest absolute Gasteiger partial charge is 0.489 e. The van der Waals surface area contributed by atoms with E-state index in [1.807, 2.05) is 12.1 Å². The molecule has 0 radical (unpaired) electrons. The Hall–Kier alpha value is -4.33. The monoisotopic (exact) mass is 404 g/mol. The van der Waals surface area contributed by atoms with Gasteiger partial charge in [-0.3, -0.25) is 10.8 Å². The number of carboxylic acid groups (broad SMARTS) is 1.